The van der Waals surface area contributed by atoms with Crippen molar-refractivity contribution in [3.8, 4) is 5.75 Å². The van der Waals surface area contributed by atoms with Gasteiger partial charge in [0.2, 0.25) is 0 Å². The monoisotopic (exact) mass is 261 g/mol. The normalized spacial score (nSPS) is 13.5. The largest absolute Gasteiger partial charge is 0.482 e. The van der Waals surface area contributed by atoms with Crippen molar-refractivity contribution in [3.05, 3.63) is 24.3 Å². The lowest BCUT2D eigenvalue weighted by Crippen LogP contribution is -2.23. The van der Waals surface area contributed by atoms with Crippen LogP contribution in [0.1, 0.15) is 20.8 Å². The van der Waals surface area contributed by atoms with Gasteiger partial charge in [0.1, 0.15) is 5.75 Å². The minimum Gasteiger partial charge on any atom is -0.482 e. The van der Waals surface area contributed by atoms with E-state index in [4.69, 9.17) is 4.74 Å². The molecule has 0 amide bonds. The summed E-state index contributed by atoms with van der Waals surface area (Å²) in [5.41, 5.74) is 0.586. The topological polar surface area (TPSA) is 21.3 Å². The smallest absolute Gasteiger partial charge is 0.422 e. The summed E-state index contributed by atoms with van der Waals surface area (Å²) in [4.78, 5) is 0. The Kier molecular flexibility index (Phi) is 4.87. The molecule has 1 unspecified atom stereocenters. The molecule has 18 heavy (non-hydrogen) atoms. The fourth-order valence-corrected chi connectivity index (χ4v) is 1.28. The third-order valence-corrected chi connectivity index (χ3v) is 2.66. The van der Waals surface area contributed by atoms with Crippen molar-refractivity contribution >= 4 is 5.69 Å². The van der Waals surface area contributed by atoms with E-state index in [9.17, 15) is 13.2 Å². The van der Waals surface area contributed by atoms with Gasteiger partial charge in [0.05, 0.1) is 5.69 Å². The molecule has 0 spiro atoms. The van der Waals surface area contributed by atoms with E-state index in [2.05, 4.69) is 5.32 Å². The molecule has 102 valence electrons. The van der Waals surface area contributed by atoms with Crippen LogP contribution in [0.3, 0.4) is 0 Å². The Labute approximate surface area is 105 Å². The Morgan fingerprint density at radius 2 is 1.78 bits per heavy atom. The second-order valence-corrected chi connectivity index (χ2v) is 4.58. The first-order valence-corrected chi connectivity index (χ1v) is 5.84. The molecule has 0 saturated heterocycles. The first kappa shape index (κ1) is 14.7. The van der Waals surface area contributed by atoms with Crippen LogP contribution >= 0.6 is 0 Å². The molecule has 0 heterocycles. The number of para-hydroxylation sites is 2. The molecule has 0 aromatic heterocycles. The molecule has 1 aromatic rings. The van der Waals surface area contributed by atoms with Crippen molar-refractivity contribution < 1.29 is 17.9 Å². The third-order valence-electron chi connectivity index (χ3n) is 2.66. The zero-order valence-electron chi connectivity index (χ0n) is 10.7. The van der Waals surface area contributed by atoms with Crippen LogP contribution in [-0.4, -0.2) is 18.8 Å². The van der Waals surface area contributed by atoms with Crippen molar-refractivity contribution in [1.82, 2.24) is 0 Å². The number of ether oxygens (including phenoxy) is 1. The molecule has 5 heteroatoms. The molecule has 0 radical (unpaired) electrons. The fourth-order valence-electron chi connectivity index (χ4n) is 1.28. The second-order valence-electron chi connectivity index (χ2n) is 4.58. The van der Waals surface area contributed by atoms with Crippen LogP contribution in [0.15, 0.2) is 24.3 Å². The van der Waals surface area contributed by atoms with Crippen LogP contribution in [0, 0.1) is 5.92 Å². The number of benzene rings is 1. The Morgan fingerprint density at radius 3 is 2.33 bits per heavy atom. The van der Waals surface area contributed by atoms with E-state index < -0.39 is 12.8 Å². The molecule has 2 nitrogen and oxygen atoms in total. The zero-order chi connectivity index (χ0) is 13.8. The molecular formula is C13H18F3NO. The SMILES string of the molecule is CC(C)C(C)Nc1ccccc1OCC(F)(F)F. The molecule has 0 bridgehead atoms. The van der Waals surface area contributed by atoms with Crippen molar-refractivity contribution in [2.75, 3.05) is 11.9 Å². The Morgan fingerprint density at radius 1 is 1.17 bits per heavy atom. The summed E-state index contributed by atoms with van der Waals surface area (Å²) in [5, 5.41) is 3.15. The molecule has 0 aliphatic carbocycles. The summed E-state index contributed by atoms with van der Waals surface area (Å²) >= 11 is 0. The summed E-state index contributed by atoms with van der Waals surface area (Å²) in [7, 11) is 0. The lowest BCUT2D eigenvalue weighted by Gasteiger charge is -2.21. The number of alkyl halides is 3. The molecule has 1 aromatic carbocycles. The predicted octanol–water partition coefficient (Wildman–Crippen LogP) is 4.08. The van der Waals surface area contributed by atoms with Crippen LogP contribution in [0.25, 0.3) is 0 Å². The van der Waals surface area contributed by atoms with Crippen molar-refractivity contribution in [1.29, 1.82) is 0 Å². The van der Waals surface area contributed by atoms with E-state index in [1.54, 1.807) is 18.2 Å². The quantitative estimate of drug-likeness (QED) is 0.862. The highest BCUT2D eigenvalue weighted by Gasteiger charge is 2.28. The van der Waals surface area contributed by atoms with E-state index in [0.717, 1.165) is 0 Å². The second kappa shape index (κ2) is 5.98. The molecule has 1 rings (SSSR count). The highest BCUT2D eigenvalue weighted by Crippen LogP contribution is 2.27. The molecule has 1 N–H and O–H groups in total. The van der Waals surface area contributed by atoms with Gasteiger partial charge in [-0.15, -0.1) is 0 Å². The van der Waals surface area contributed by atoms with Gasteiger partial charge in [-0.1, -0.05) is 26.0 Å². The van der Waals surface area contributed by atoms with Crippen molar-refractivity contribution in [3.63, 3.8) is 0 Å². The van der Waals surface area contributed by atoms with Gasteiger partial charge in [0.25, 0.3) is 0 Å². The van der Waals surface area contributed by atoms with Crippen LogP contribution in [0.2, 0.25) is 0 Å². The maximum Gasteiger partial charge on any atom is 0.422 e. The Hall–Kier alpha value is -1.39. The summed E-state index contributed by atoms with van der Waals surface area (Å²) in [6.45, 7) is 4.78. The molecule has 0 aliphatic heterocycles. The number of rotatable bonds is 5. The van der Waals surface area contributed by atoms with Crippen molar-refractivity contribution in [2.24, 2.45) is 5.92 Å². The molecule has 0 saturated carbocycles. The van der Waals surface area contributed by atoms with Gasteiger partial charge in [-0.3, -0.25) is 0 Å². The molecular weight excluding hydrogens is 243 g/mol. The minimum absolute atomic E-state index is 0.153. The highest BCUT2D eigenvalue weighted by atomic mass is 19.4. The zero-order valence-corrected chi connectivity index (χ0v) is 10.7. The molecule has 0 aliphatic rings. The van der Waals surface area contributed by atoms with Crippen LogP contribution in [0.5, 0.6) is 5.75 Å². The first-order valence-electron chi connectivity index (χ1n) is 5.84. The van der Waals surface area contributed by atoms with Gasteiger partial charge in [-0.25, -0.2) is 0 Å². The summed E-state index contributed by atoms with van der Waals surface area (Å²) in [6, 6.07) is 6.80. The van der Waals surface area contributed by atoms with Gasteiger partial charge < -0.3 is 10.1 Å². The Balaban J connectivity index is 2.73. The summed E-state index contributed by atoms with van der Waals surface area (Å²) < 4.78 is 41.1. The average Bonchev–Trinajstić information content (AvgIpc) is 2.26. The lowest BCUT2D eigenvalue weighted by molar-refractivity contribution is -0.153. The van der Waals surface area contributed by atoms with E-state index in [1.807, 2.05) is 20.8 Å². The standard InChI is InChI=1S/C13H18F3NO/c1-9(2)10(3)17-11-6-4-5-7-12(11)18-8-13(14,15)16/h4-7,9-10,17H,8H2,1-3H3. The van der Waals surface area contributed by atoms with E-state index >= 15 is 0 Å². The Bertz CT molecular complexity index is 377. The van der Waals surface area contributed by atoms with E-state index in [0.29, 0.717) is 11.6 Å². The number of hydrogen-bond donors (Lipinski definition) is 1. The maximum absolute atomic E-state index is 12.1. The number of hydrogen-bond acceptors (Lipinski definition) is 2. The first-order chi connectivity index (χ1) is 8.29. The van der Waals surface area contributed by atoms with Gasteiger partial charge in [-0.2, -0.15) is 13.2 Å². The number of halogens is 3. The number of anilines is 1. The fraction of sp³-hybridized carbons (Fsp3) is 0.538. The average molecular weight is 261 g/mol. The van der Waals surface area contributed by atoms with Crippen LogP contribution < -0.4 is 10.1 Å². The lowest BCUT2D eigenvalue weighted by atomic mass is 10.1. The predicted molar refractivity (Wildman–Crippen MR) is 65.9 cm³/mol. The van der Waals surface area contributed by atoms with Gasteiger partial charge in [0, 0.05) is 6.04 Å². The van der Waals surface area contributed by atoms with Crippen LogP contribution in [-0.2, 0) is 0 Å². The van der Waals surface area contributed by atoms with Gasteiger partial charge in [0.15, 0.2) is 6.61 Å². The van der Waals surface area contributed by atoms with Gasteiger partial charge >= 0.3 is 6.18 Å². The maximum atomic E-state index is 12.1. The summed E-state index contributed by atoms with van der Waals surface area (Å²) in [5.74, 6) is 0.600. The minimum atomic E-state index is -4.32. The third kappa shape index (κ3) is 4.85. The van der Waals surface area contributed by atoms with Gasteiger partial charge in [-0.05, 0) is 25.0 Å². The van der Waals surface area contributed by atoms with E-state index in [1.165, 1.54) is 6.07 Å². The summed E-state index contributed by atoms with van der Waals surface area (Å²) in [6.07, 6.45) is -4.32. The molecule has 0 fully saturated rings. The number of nitrogens with one attached hydrogen (secondary N) is 1. The highest BCUT2D eigenvalue weighted by molar-refractivity contribution is 5.56. The molecule has 1 atom stereocenters. The van der Waals surface area contributed by atoms with E-state index in [-0.39, 0.29) is 11.8 Å². The van der Waals surface area contributed by atoms with Crippen LogP contribution in [0.4, 0.5) is 18.9 Å². The van der Waals surface area contributed by atoms with Crippen molar-refractivity contribution in [2.45, 2.75) is 33.0 Å².